The number of amides is 1. The molecule has 4 rings (SSSR count). The third-order valence-electron chi connectivity index (χ3n) is 3.97. The van der Waals surface area contributed by atoms with Crippen molar-refractivity contribution in [3.8, 4) is 17.0 Å². The van der Waals surface area contributed by atoms with E-state index in [1.54, 1.807) is 42.8 Å². The van der Waals surface area contributed by atoms with Crippen LogP contribution in [0.3, 0.4) is 0 Å². The maximum absolute atomic E-state index is 13.4. The Kier molecular flexibility index (Phi) is 4.52. The molecule has 4 aromatic rings. The molecule has 1 N–H and O–H groups in total. The van der Waals surface area contributed by atoms with E-state index in [1.807, 2.05) is 12.1 Å². The van der Waals surface area contributed by atoms with E-state index in [2.05, 4.69) is 15.3 Å². The highest BCUT2D eigenvalue weighted by molar-refractivity contribution is 7.14. The minimum Gasteiger partial charge on any atom is -0.497 e. The molecule has 0 unspecified atom stereocenters. The van der Waals surface area contributed by atoms with Crippen LogP contribution in [-0.4, -0.2) is 23.0 Å². The molecule has 2 aromatic heterocycles. The van der Waals surface area contributed by atoms with Crippen molar-refractivity contribution in [2.45, 2.75) is 0 Å². The lowest BCUT2D eigenvalue weighted by Gasteiger charge is -2.05. The molecule has 7 heteroatoms. The van der Waals surface area contributed by atoms with Crippen molar-refractivity contribution in [1.82, 2.24) is 9.97 Å². The fraction of sp³-hybridized carbons (Fsp3) is 0.0500. The Morgan fingerprint density at radius 3 is 2.81 bits per heavy atom. The topological polar surface area (TPSA) is 64.1 Å². The average molecular weight is 379 g/mol. The largest absolute Gasteiger partial charge is 0.497 e. The molecule has 27 heavy (non-hydrogen) atoms. The van der Waals surface area contributed by atoms with Crippen LogP contribution in [-0.2, 0) is 0 Å². The van der Waals surface area contributed by atoms with Gasteiger partial charge in [0.2, 0.25) is 0 Å². The molecule has 0 aliphatic carbocycles. The van der Waals surface area contributed by atoms with Crippen LogP contribution in [0, 0.1) is 5.82 Å². The van der Waals surface area contributed by atoms with Gasteiger partial charge in [0.1, 0.15) is 17.3 Å². The summed E-state index contributed by atoms with van der Waals surface area (Å²) in [5.41, 5.74) is 2.25. The first kappa shape index (κ1) is 17.1. The normalized spacial score (nSPS) is 10.7. The second kappa shape index (κ2) is 7.13. The van der Waals surface area contributed by atoms with Crippen molar-refractivity contribution in [2.24, 2.45) is 0 Å². The van der Waals surface area contributed by atoms with E-state index >= 15 is 0 Å². The van der Waals surface area contributed by atoms with Gasteiger partial charge in [0, 0.05) is 16.3 Å². The number of carbonyl (C=O) groups excluding carboxylic acids is 1. The van der Waals surface area contributed by atoms with E-state index in [0.717, 1.165) is 11.1 Å². The number of methoxy groups -OCH3 is 1. The number of rotatable bonds is 4. The fourth-order valence-corrected chi connectivity index (χ4v) is 3.34. The van der Waals surface area contributed by atoms with Gasteiger partial charge in [0.25, 0.3) is 5.91 Å². The molecule has 2 heterocycles. The highest BCUT2D eigenvalue weighted by Gasteiger charge is 2.12. The van der Waals surface area contributed by atoms with E-state index in [1.165, 1.54) is 23.5 Å². The van der Waals surface area contributed by atoms with E-state index in [4.69, 9.17) is 4.74 Å². The zero-order chi connectivity index (χ0) is 18.8. The van der Waals surface area contributed by atoms with Crippen molar-refractivity contribution in [3.05, 3.63) is 71.5 Å². The van der Waals surface area contributed by atoms with Gasteiger partial charge in [-0.2, -0.15) is 0 Å². The number of hydrogen-bond donors (Lipinski definition) is 1. The molecular formula is C20H14FN3O2S. The SMILES string of the molecule is COc1ccc2nc(C(=O)Nc3nc(-c4cccc(F)c4)cs3)ccc2c1. The summed E-state index contributed by atoms with van der Waals surface area (Å²) in [5.74, 6) is 0.0464. The Bertz CT molecular complexity index is 1140. The second-order valence-corrected chi connectivity index (χ2v) is 6.62. The summed E-state index contributed by atoms with van der Waals surface area (Å²) in [5, 5.41) is 5.82. The number of aromatic nitrogens is 2. The van der Waals surface area contributed by atoms with Gasteiger partial charge < -0.3 is 4.74 Å². The molecule has 0 fully saturated rings. The molecule has 5 nitrogen and oxygen atoms in total. The first-order valence-electron chi connectivity index (χ1n) is 8.10. The van der Waals surface area contributed by atoms with Gasteiger partial charge in [0.05, 0.1) is 18.3 Å². The van der Waals surface area contributed by atoms with Crippen LogP contribution in [0.25, 0.3) is 22.2 Å². The quantitative estimate of drug-likeness (QED) is 0.555. The zero-order valence-electron chi connectivity index (χ0n) is 14.3. The molecule has 0 aliphatic rings. The van der Waals surface area contributed by atoms with E-state index in [9.17, 15) is 9.18 Å². The lowest BCUT2D eigenvalue weighted by atomic mass is 10.2. The van der Waals surface area contributed by atoms with Crippen molar-refractivity contribution >= 4 is 33.3 Å². The maximum atomic E-state index is 13.4. The predicted molar refractivity (Wildman–Crippen MR) is 104 cm³/mol. The highest BCUT2D eigenvalue weighted by atomic mass is 32.1. The second-order valence-electron chi connectivity index (χ2n) is 5.76. The molecular weight excluding hydrogens is 365 g/mol. The molecule has 0 saturated heterocycles. The van der Waals surface area contributed by atoms with Crippen LogP contribution in [0.5, 0.6) is 5.75 Å². The maximum Gasteiger partial charge on any atom is 0.276 e. The molecule has 0 spiro atoms. The minimum atomic E-state index is -0.354. The first-order valence-corrected chi connectivity index (χ1v) is 8.98. The van der Waals surface area contributed by atoms with Gasteiger partial charge in [-0.3, -0.25) is 10.1 Å². The number of fused-ring (bicyclic) bond motifs is 1. The molecule has 0 radical (unpaired) electrons. The lowest BCUT2D eigenvalue weighted by molar-refractivity contribution is 0.102. The monoisotopic (exact) mass is 379 g/mol. The molecule has 0 saturated carbocycles. The van der Waals surface area contributed by atoms with Crippen LogP contribution in [0.1, 0.15) is 10.5 Å². The van der Waals surface area contributed by atoms with Crippen LogP contribution in [0.2, 0.25) is 0 Å². The summed E-state index contributed by atoms with van der Waals surface area (Å²) in [6, 6.07) is 15.1. The third-order valence-corrected chi connectivity index (χ3v) is 4.73. The number of anilines is 1. The van der Waals surface area contributed by atoms with Gasteiger partial charge in [0.15, 0.2) is 5.13 Å². The van der Waals surface area contributed by atoms with Crippen molar-refractivity contribution in [1.29, 1.82) is 0 Å². The van der Waals surface area contributed by atoms with Crippen LogP contribution in [0.4, 0.5) is 9.52 Å². The first-order chi connectivity index (χ1) is 13.1. The number of nitrogens with zero attached hydrogens (tertiary/aromatic N) is 2. The van der Waals surface area contributed by atoms with Crippen LogP contribution >= 0.6 is 11.3 Å². The smallest absolute Gasteiger partial charge is 0.276 e. The van der Waals surface area contributed by atoms with Gasteiger partial charge in [-0.05, 0) is 36.4 Å². The number of ether oxygens (including phenoxy) is 1. The van der Waals surface area contributed by atoms with Crippen molar-refractivity contribution in [3.63, 3.8) is 0 Å². The number of halogens is 1. The summed E-state index contributed by atoms with van der Waals surface area (Å²) in [6.07, 6.45) is 0. The van der Waals surface area contributed by atoms with Gasteiger partial charge in [-0.25, -0.2) is 14.4 Å². The Hall–Kier alpha value is -3.32. The zero-order valence-corrected chi connectivity index (χ0v) is 15.1. The molecule has 1 amide bonds. The van der Waals surface area contributed by atoms with E-state index in [-0.39, 0.29) is 17.4 Å². The Labute approximate surface area is 158 Å². The van der Waals surface area contributed by atoms with Crippen molar-refractivity contribution in [2.75, 3.05) is 12.4 Å². The molecule has 0 atom stereocenters. The summed E-state index contributed by atoms with van der Waals surface area (Å²) in [7, 11) is 1.60. The summed E-state index contributed by atoms with van der Waals surface area (Å²) in [6.45, 7) is 0. The average Bonchev–Trinajstić information content (AvgIpc) is 3.15. The van der Waals surface area contributed by atoms with Gasteiger partial charge in [-0.15, -0.1) is 11.3 Å². The summed E-state index contributed by atoms with van der Waals surface area (Å²) in [4.78, 5) is 21.2. The standard InChI is InChI=1S/C20H14FN3O2S/c1-26-15-6-8-16-13(10-15)5-7-17(22-16)19(25)24-20-23-18(11-27-20)12-3-2-4-14(21)9-12/h2-11H,1H3,(H,23,24,25). The fourth-order valence-electron chi connectivity index (χ4n) is 2.63. The lowest BCUT2D eigenvalue weighted by Crippen LogP contribution is -2.13. The number of thiazole rings is 1. The van der Waals surface area contributed by atoms with Gasteiger partial charge >= 0.3 is 0 Å². The van der Waals surface area contributed by atoms with E-state index < -0.39 is 0 Å². The summed E-state index contributed by atoms with van der Waals surface area (Å²) < 4.78 is 18.5. The molecule has 0 aliphatic heterocycles. The van der Waals surface area contributed by atoms with E-state index in [0.29, 0.717) is 21.9 Å². The Morgan fingerprint density at radius 1 is 1.11 bits per heavy atom. The van der Waals surface area contributed by atoms with Crippen LogP contribution < -0.4 is 10.1 Å². The number of benzene rings is 2. The molecule has 0 bridgehead atoms. The Balaban J connectivity index is 1.55. The number of nitrogens with one attached hydrogen (secondary N) is 1. The molecule has 134 valence electrons. The highest BCUT2D eigenvalue weighted by Crippen LogP contribution is 2.26. The summed E-state index contributed by atoms with van der Waals surface area (Å²) >= 11 is 1.27. The number of pyridine rings is 1. The third kappa shape index (κ3) is 3.63. The number of hydrogen-bond acceptors (Lipinski definition) is 5. The molecule has 2 aromatic carbocycles. The van der Waals surface area contributed by atoms with Crippen LogP contribution in [0.15, 0.2) is 60.0 Å². The predicted octanol–water partition coefficient (Wildman–Crippen LogP) is 4.76. The van der Waals surface area contributed by atoms with Gasteiger partial charge in [-0.1, -0.05) is 18.2 Å². The minimum absolute atomic E-state index is 0.287. The van der Waals surface area contributed by atoms with Crippen molar-refractivity contribution < 1.29 is 13.9 Å². The number of carbonyl (C=O) groups is 1. The Morgan fingerprint density at radius 2 is 2.00 bits per heavy atom.